The molecule has 3 aromatic rings. The fraction of sp³-hybridized carbons (Fsp3) is 0.190. The molecule has 0 saturated carbocycles. The second-order valence-electron chi connectivity index (χ2n) is 6.72. The lowest BCUT2D eigenvalue weighted by Crippen LogP contribution is -2.36. The highest BCUT2D eigenvalue weighted by Gasteiger charge is 2.23. The molecule has 6 heteroatoms. The van der Waals surface area contributed by atoms with Crippen molar-refractivity contribution in [3.8, 4) is 17.3 Å². The smallest absolute Gasteiger partial charge is 0.270 e. The van der Waals surface area contributed by atoms with Crippen LogP contribution in [-0.4, -0.2) is 27.3 Å². The van der Waals surface area contributed by atoms with Crippen molar-refractivity contribution in [1.82, 2.24) is 14.9 Å². The van der Waals surface area contributed by atoms with E-state index in [0.717, 1.165) is 22.3 Å². The number of carbonyl (C=O) groups is 1. The van der Waals surface area contributed by atoms with Crippen molar-refractivity contribution in [2.24, 2.45) is 0 Å². The lowest BCUT2D eigenvalue weighted by molar-refractivity contribution is 0.0729. The quantitative estimate of drug-likeness (QED) is 0.759. The van der Waals surface area contributed by atoms with Gasteiger partial charge in [-0.1, -0.05) is 12.1 Å². The summed E-state index contributed by atoms with van der Waals surface area (Å²) in [4.78, 5) is 21.5. The van der Waals surface area contributed by atoms with Gasteiger partial charge in [0, 0.05) is 31.0 Å². The third kappa shape index (κ3) is 3.20. The number of nitriles is 1. The number of nitrogens with zero attached hydrogens (tertiary/aromatic N) is 3. The van der Waals surface area contributed by atoms with Gasteiger partial charge in [0.25, 0.3) is 5.91 Å². The maximum Gasteiger partial charge on any atom is 0.270 e. The molecule has 3 heterocycles. The molecule has 2 aromatic heterocycles. The molecule has 5 nitrogen and oxygen atoms in total. The van der Waals surface area contributed by atoms with E-state index < -0.39 is 0 Å². The van der Waals surface area contributed by atoms with Crippen LogP contribution in [0.2, 0.25) is 0 Å². The first-order chi connectivity index (χ1) is 13.0. The van der Waals surface area contributed by atoms with Gasteiger partial charge in [0.2, 0.25) is 0 Å². The van der Waals surface area contributed by atoms with Crippen LogP contribution in [0.4, 0.5) is 4.39 Å². The summed E-state index contributed by atoms with van der Waals surface area (Å²) in [5.74, 6) is -0.458. The van der Waals surface area contributed by atoms with Crippen LogP contribution in [0.15, 0.2) is 42.7 Å². The normalized spacial score (nSPS) is 13.1. The summed E-state index contributed by atoms with van der Waals surface area (Å²) in [6, 6.07) is 10.8. The Balaban J connectivity index is 1.57. The van der Waals surface area contributed by atoms with Crippen LogP contribution in [0.1, 0.15) is 32.7 Å². The molecule has 0 unspecified atom stereocenters. The Morgan fingerprint density at radius 2 is 2.15 bits per heavy atom. The second kappa shape index (κ2) is 6.69. The van der Waals surface area contributed by atoms with Crippen LogP contribution in [0.25, 0.3) is 11.3 Å². The number of H-pyrrole nitrogens is 1. The molecule has 0 bridgehead atoms. The van der Waals surface area contributed by atoms with Gasteiger partial charge < -0.3 is 9.88 Å². The van der Waals surface area contributed by atoms with E-state index in [0.29, 0.717) is 36.5 Å². The third-order valence-electron chi connectivity index (χ3n) is 4.80. The lowest BCUT2D eigenvalue weighted by Gasteiger charge is -2.29. The Labute approximate surface area is 156 Å². The molecule has 4 rings (SSSR count). The number of carbonyl (C=O) groups excluding carboxylic acids is 1. The van der Waals surface area contributed by atoms with Crippen molar-refractivity contribution in [2.75, 3.05) is 6.54 Å². The summed E-state index contributed by atoms with van der Waals surface area (Å²) >= 11 is 0. The number of aromatic nitrogens is 2. The topological polar surface area (TPSA) is 72.8 Å². The van der Waals surface area contributed by atoms with E-state index in [-0.39, 0.29) is 11.7 Å². The van der Waals surface area contributed by atoms with E-state index >= 15 is 0 Å². The van der Waals surface area contributed by atoms with E-state index in [2.05, 4.69) is 9.97 Å². The fourth-order valence-electron chi connectivity index (χ4n) is 3.37. The zero-order valence-corrected chi connectivity index (χ0v) is 14.8. The molecule has 1 aliphatic heterocycles. The van der Waals surface area contributed by atoms with Crippen molar-refractivity contribution >= 4 is 5.91 Å². The molecular weight excluding hydrogens is 343 g/mol. The number of benzene rings is 1. The number of amides is 1. The first-order valence-corrected chi connectivity index (χ1v) is 8.67. The first-order valence-electron chi connectivity index (χ1n) is 8.67. The van der Waals surface area contributed by atoms with E-state index in [1.807, 2.05) is 31.2 Å². The number of aromatic amines is 1. The Hall–Kier alpha value is -3.46. The molecule has 0 radical (unpaired) electrons. The molecule has 0 saturated heterocycles. The summed E-state index contributed by atoms with van der Waals surface area (Å²) in [5.41, 5.74) is 4.87. The number of halogens is 1. The van der Waals surface area contributed by atoms with E-state index in [1.54, 1.807) is 17.2 Å². The summed E-state index contributed by atoms with van der Waals surface area (Å²) in [6.45, 7) is 2.86. The van der Waals surface area contributed by atoms with Crippen LogP contribution in [0.3, 0.4) is 0 Å². The fourth-order valence-corrected chi connectivity index (χ4v) is 3.37. The molecule has 0 atom stereocenters. The molecule has 27 heavy (non-hydrogen) atoms. The van der Waals surface area contributed by atoms with Crippen LogP contribution >= 0.6 is 0 Å². The summed E-state index contributed by atoms with van der Waals surface area (Å²) in [6.07, 6.45) is 3.87. The highest BCUT2D eigenvalue weighted by molar-refractivity contribution is 5.93. The summed E-state index contributed by atoms with van der Waals surface area (Å²) in [5, 5.41) is 8.90. The Morgan fingerprint density at radius 3 is 2.89 bits per heavy atom. The second-order valence-corrected chi connectivity index (χ2v) is 6.72. The number of fused-ring (bicyclic) bond motifs is 1. The Bertz CT molecular complexity index is 1080. The van der Waals surface area contributed by atoms with Crippen molar-refractivity contribution in [2.45, 2.75) is 19.9 Å². The minimum Gasteiger partial charge on any atom is -0.356 e. The van der Waals surface area contributed by atoms with Crippen LogP contribution in [-0.2, 0) is 13.0 Å². The Morgan fingerprint density at radius 1 is 1.30 bits per heavy atom. The van der Waals surface area contributed by atoms with Gasteiger partial charge in [-0.2, -0.15) is 5.26 Å². The molecule has 1 amide bonds. The monoisotopic (exact) mass is 360 g/mol. The van der Waals surface area contributed by atoms with Crippen molar-refractivity contribution < 1.29 is 9.18 Å². The maximum absolute atomic E-state index is 14.2. The van der Waals surface area contributed by atoms with Crippen LogP contribution in [0, 0.1) is 24.1 Å². The van der Waals surface area contributed by atoms with Gasteiger partial charge >= 0.3 is 0 Å². The molecule has 1 N–H and O–H groups in total. The number of nitrogens with one attached hydrogen (secondary N) is 1. The van der Waals surface area contributed by atoms with Gasteiger partial charge in [0.05, 0.1) is 5.56 Å². The van der Waals surface area contributed by atoms with Gasteiger partial charge in [-0.05, 0) is 48.2 Å². The highest BCUT2D eigenvalue weighted by Crippen LogP contribution is 2.27. The minimum atomic E-state index is -0.331. The maximum atomic E-state index is 14.2. The van der Waals surface area contributed by atoms with Gasteiger partial charge in [-0.15, -0.1) is 0 Å². The summed E-state index contributed by atoms with van der Waals surface area (Å²) < 4.78 is 14.2. The van der Waals surface area contributed by atoms with E-state index in [1.165, 1.54) is 12.3 Å². The van der Waals surface area contributed by atoms with Gasteiger partial charge in [-0.25, -0.2) is 4.39 Å². The van der Waals surface area contributed by atoms with E-state index in [4.69, 9.17) is 5.26 Å². The van der Waals surface area contributed by atoms with Gasteiger partial charge in [0.15, 0.2) is 0 Å². The van der Waals surface area contributed by atoms with Crippen molar-refractivity contribution in [3.63, 3.8) is 0 Å². The van der Waals surface area contributed by atoms with Gasteiger partial charge in [-0.3, -0.25) is 9.78 Å². The SMILES string of the molecule is Cc1cnc(-c2ccc3c(c2)CCN(C(=O)c2cc(C#N)c[nH]2)C3)c(F)c1. The Kier molecular flexibility index (Phi) is 4.21. The molecule has 1 aliphatic rings. The standard InChI is InChI=1S/C21H17FN4O/c1-13-6-18(22)20(25-10-13)16-2-3-17-12-26(5-4-15(17)8-16)21(27)19-7-14(9-23)11-24-19/h2-3,6-8,10-11,24H,4-5,12H2,1H3. The number of hydrogen-bond donors (Lipinski definition) is 1. The molecular formula is C21H17FN4O. The number of pyridine rings is 1. The predicted octanol–water partition coefficient (Wildman–Crippen LogP) is 3.59. The highest BCUT2D eigenvalue weighted by atomic mass is 19.1. The summed E-state index contributed by atoms with van der Waals surface area (Å²) in [7, 11) is 0. The molecule has 134 valence electrons. The van der Waals surface area contributed by atoms with Gasteiger partial charge in [0.1, 0.15) is 23.3 Å². The largest absolute Gasteiger partial charge is 0.356 e. The third-order valence-corrected chi connectivity index (χ3v) is 4.80. The van der Waals surface area contributed by atoms with E-state index in [9.17, 15) is 9.18 Å². The number of aryl methyl sites for hydroxylation is 1. The average molecular weight is 360 g/mol. The molecule has 0 fully saturated rings. The van der Waals surface area contributed by atoms with Crippen molar-refractivity contribution in [1.29, 1.82) is 5.26 Å². The molecule has 0 spiro atoms. The first kappa shape index (κ1) is 17.0. The minimum absolute atomic E-state index is 0.127. The lowest BCUT2D eigenvalue weighted by atomic mass is 9.95. The number of hydrogen-bond acceptors (Lipinski definition) is 3. The van der Waals surface area contributed by atoms with Crippen LogP contribution in [0.5, 0.6) is 0 Å². The van der Waals surface area contributed by atoms with Crippen molar-refractivity contribution in [3.05, 3.63) is 76.5 Å². The zero-order valence-electron chi connectivity index (χ0n) is 14.8. The zero-order chi connectivity index (χ0) is 19.0. The molecule has 0 aliphatic carbocycles. The predicted molar refractivity (Wildman–Crippen MR) is 98.3 cm³/mol. The molecule has 1 aromatic carbocycles. The number of rotatable bonds is 2. The van der Waals surface area contributed by atoms with Crippen LogP contribution < -0.4 is 0 Å². The average Bonchev–Trinajstić information content (AvgIpc) is 3.16.